The molecule has 5 heteroatoms. The van der Waals surface area contributed by atoms with Crippen molar-refractivity contribution < 1.29 is 14.2 Å². The number of nitrogens with two attached hydrogens (primary N) is 1. The van der Waals surface area contributed by atoms with Gasteiger partial charge in [0, 0.05) is 0 Å². The molecule has 0 saturated heterocycles. The summed E-state index contributed by atoms with van der Waals surface area (Å²) in [6.45, 7) is 9.42. The van der Waals surface area contributed by atoms with Gasteiger partial charge in [-0.25, -0.2) is 4.39 Å². The third-order valence-electron chi connectivity index (χ3n) is 4.40. The zero-order valence-electron chi connectivity index (χ0n) is 18.3. The quantitative estimate of drug-likeness (QED) is 0.335. The molecule has 1 atom stereocenters. The monoisotopic (exact) mass is 415 g/mol. The Morgan fingerprint density at radius 2 is 1.75 bits per heavy atom. The normalized spacial score (nSPS) is 15.7. The number of halogens is 1. The number of hydrogen-bond donors (Lipinski definition) is 3. The molecule has 1 aromatic rings. The van der Waals surface area contributed by atoms with Gasteiger partial charge in [-0.1, -0.05) is 40.2 Å². The Labute approximate surface area is 177 Å². The Morgan fingerprint density at radius 3 is 2.25 bits per heavy atom. The van der Waals surface area contributed by atoms with Crippen LogP contribution in [-0.2, 0) is 0 Å². The summed E-state index contributed by atoms with van der Waals surface area (Å²) in [5.74, 6) is 1.91. The van der Waals surface area contributed by atoms with Gasteiger partial charge in [0.2, 0.25) is 0 Å². The second kappa shape index (κ2) is 17.1. The van der Waals surface area contributed by atoms with E-state index in [4.69, 9.17) is 10.5 Å². The van der Waals surface area contributed by atoms with E-state index in [2.05, 4.69) is 12.6 Å². The molecule has 3 nitrogen and oxygen atoms in total. The minimum Gasteiger partial charge on any atom is -0.490 e. The van der Waals surface area contributed by atoms with Crippen molar-refractivity contribution >= 4 is 12.6 Å². The van der Waals surface area contributed by atoms with Crippen molar-refractivity contribution in [2.24, 2.45) is 17.6 Å². The van der Waals surface area contributed by atoms with Gasteiger partial charge < -0.3 is 15.6 Å². The molecule has 2 fully saturated rings. The maximum absolute atomic E-state index is 13.5. The lowest BCUT2D eigenvalue weighted by molar-refractivity contribution is 0.153. The van der Waals surface area contributed by atoms with Gasteiger partial charge in [-0.2, -0.15) is 12.6 Å². The summed E-state index contributed by atoms with van der Waals surface area (Å²) in [5, 5.41) is 9.99. The molecule has 2 aliphatic carbocycles. The molecule has 0 heterocycles. The molecule has 0 amide bonds. The van der Waals surface area contributed by atoms with E-state index < -0.39 is 6.10 Å². The first-order chi connectivity index (χ1) is 13.7. The molecule has 0 aromatic heterocycles. The van der Waals surface area contributed by atoms with E-state index in [-0.39, 0.29) is 11.6 Å². The molecule has 1 aromatic carbocycles. The topological polar surface area (TPSA) is 55.5 Å². The summed E-state index contributed by atoms with van der Waals surface area (Å²) in [6, 6.07) is 4.70. The fraction of sp³-hybridized carbons (Fsp3) is 0.739. The highest BCUT2D eigenvalue weighted by atomic mass is 32.1. The van der Waals surface area contributed by atoms with Crippen LogP contribution in [0.3, 0.4) is 0 Å². The van der Waals surface area contributed by atoms with Crippen molar-refractivity contribution in [1.82, 2.24) is 0 Å². The van der Waals surface area contributed by atoms with E-state index in [0.29, 0.717) is 18.4 Å². The number of thiol groups is 1. The standard InChI is InChI=1S/C14H17FO2.C5H13NS.2C2H6/c15-12-6-5-11(14(16)10-3-4-10)7-13(12)17-8-9-1-2-9;6-4-2-1-3-5-7;2*1-2/h5-7,9-10,14,16H,1-4,8H2;7H,1-6H2;2*1-2H3. The number of rotatable bonds is 9. The molecule has 2 saturated carbocycles. The van der Waals surface area contributed by atoms with Crippen LogP contribution in [-0.4, -0.2) is 24.0 Å². The van der Waals surface area contributed by atoms with Crippen LogP contribution in [0.1, 0.15) is 84.3 Å². The number of benzene rings is 1. The first-order valence-electron chi connectivity index (χ1n) is 11.1. The summed E-state index contributed by atoms with van der Waals surface area (Å²) >= 11 is 4.05. The van der Waals surface area contributed by atoms with Crippen molar-refractivity contribution in [3.63, 3.8) is 0 Å². The molecule has 2 aliphatic rings. The van der Waals surface area contributed by atoms with Crippen LogP contribution in [0.4, 0.5) is 4.39 Å². The van der Waals surface area contributed by atoms with Crippen molar-refractivity contribution in [2.75, 3.05) is 18.9 Å². The summed E-state index contributed by atoms with van der Waals surface area (Å²) in [4.78, 5) is 0. The summed E-state index contributed by atoms with van der Waals surface area (Å²) < 4.78 is 19.0. The number of aliphatic hydroxyl groups is 1. The highest BCUT2D eigenvalue weighted by Gasteiger charge is 2.31. The lowest BCUT2D eigenvalue weighted by atomic mass is 10.1. The van der Waals surface area contributed by atoms with Gasteiger partial charge in [-0.05, 0) is 80.4 Å². The Balaban J connectivity index is 0.000000564. The summed E-state index contributed by atoms with van der Waals surface area (Å²) in [5.41, 5.74) is 6.02. The molecular formula is C23H42FNO2S. The first kappa shape index (κ1) is 27.2. The van der Waals surface area contributed by atoms with Crippen LogP contribution in [0.2, 0.25) is 0 Å². The van der Waals surface area contributed by atoms with Gasteiger partial charge in [0.05, 0.1) is 12.7 Å². The van der Waals surface area contributed by atoms with Crippen LogP contribution >= 0.6 is 12.6 Å². The van der Waals surface area contributed by atoms with Crippen LogP contribution in [0.25, 0.3) is 0 Å². The molecule has 164 valence electrons. The van der Waals surface area contributed by atoms with Gasteiger partial charge >= 0.3 is 0 Å². The van der Waals surface area contributed by atoms with Crippen molar-refractivity contribution in [3.05, 3.63) is 29.6 Å². The maximum Gasteiger partial charge on any atom is 0.165 e. The summed E-state index contributed by atoms with van der Waals surface area (Å²) in [6.07, 6.45) is 7.64. The van der Waals surface area contributed by atoms with Gasteiger partial charge in [-0.3, -0.25) is 0 Å². The van der Waals surface area contributed by atoms with E-state index in [9.17, 15) is 9.50 Å². The smallest absolute Gasteiger partial charge is 0.165 e. The van der Waals surface area contributed by atoms with E-state index in [0.717, 1.165) is 37.1 Å². The van der Waals surface area contributed by atoms with E-state index >= 15 is 0 Å². The molecule has 3 N–H and O–H groups in total. The van der Waals surface area contributed by atoms with Crippen LogP contribution < -0.4 is 10.5 Å². The first-order valence-corrected chi connectivity index (χ1v) is 11.7. The highest BCUT2D eigenvalue weighted by molar-refractivity contribution is 7.80. The van der Waals surface area contributed by atoms with Crippen LogP contribution in [0, 0.1) is 17.7 Å². The maximum atomic E-state index is 13.5. The third-order valence-corrected chi connectivity index (χ3v) is 4.72. The number of ether oxygens (including phenoxy) is 1. The Hall–Kier alpha value is -0.780. The molecule has 0 radical (unpaired) electrons. The van der Waals surface area contributed by atoms with E-state index in [1.807, 2.05) is 27.7 Å². The third kappa shape index (κ3) is 11.9. The molecular weight excluding hydrogens is 373 g/mol. The van der Waals surface area contributed by atoms with E-state index in [1.54, 1.807) is 12.1 Å². The highest BCUT2D eigenvalue weighted by Crippen LogP contribution is 2.41. The fourth-order valence-corrected chi connectivity index (χ4v) is 2.65. The molecule has 0 bridgehead atoms. The van der Waals surface area contributed by atoms with Gasteiger partial charge in [0.15, 0.2) is 11.6 Å². The molecule has 3 rings (SSSR count). The predicted octanol–water partition coefficient (Wildman–Crippen LogP) is 6.16. The number of hydrogen-bond acceptors (Lipinski definition) is 4. The average molecular weight is 416 g/mol. The second-order valence-corrected chi connectivity index (χ2v) is 7.25. The van der Waals surface area contributed by atoms with Gasteiger partial charge in [0.1, 0.15) is 0 Å². The van der Waals surface area contributed by atoms with E-state index in [1.165, 1.54) is 31.7 Å². The average Bonchev–Trinajstić information content (AvgIpc) is 3.65. The lowest BCUT2D eigenvalue weighted by Crippen LogP contribution is -2.04. The zero-order chi connectivity index (χ0) is 21.4. The number of aliphatic hydroxyl groups excluding tert-OH is 1. The van der Waals surface area contributed by atoms with Crippen molar-refractivity contribution in [3.8, 4) is 5.75 Å². The minimum absolute atomic E-state index is 0.286. The Kier molecular flexibility index (Phi) is 16.6. The Bertz CT molecular complexity index is 489. The van der Waals surface area contributed by atoms with Crippen molar-refractivity contribution in [2.45, 2.75) is 78.7 Å². The van der Waals surface area contributed by atoms with Crippen molar-refractivity contribution in [1.29, 1.82) is 0 Å². The SMILES string of the molecule is CC.CC.NCCCCCS.OC(c1ccc(F)c(OCC2CC2)c1)C1CC1. The Morgan fingerprint density at radius 1 is 1.11 bits per heavy atom. The molecule has 28 heavy (non-hydrogen) atoms. The lowest BCUT2D eigenvalue weighted by Gasteiger charge is -2.12. The molecule has 1 unspecified atom stereocenters. The summed E-state index contributed by atoms with van der Waals surface area (Å²) in [7, 11) is 0. The van der Waals surface area contributed by atoms with Gasteiger partial charge in [0.25, 0.3) is 0 Å². The zero-order valence-corrected chi connectivity index (χ0v) is 19.2. The number of unbranched alkanes of at least 4 members (excludes halogenated alkanes) is 2. The minimum atomic E-state index is -0.459. The second-order valence-electron chi connectivity index (χ2n) is 6.80. The van der Waals surface area contributed by atoms with Gasteiger partial charge in [-0.15, -0.1) is 0 Å². The van der Waals surface area contributed by atoms with Crippen LogP contribution in [0.15, 0.2) is 18.2 Å². The molecule has 0 spiro atoms. The predicted molar refractivity (Wildman–Crippen MR) is 122 cm³/mol. The van der Waals surface area contributed by atoms with Crippen LogP contribution in [0.5, 0.6) is 5.75 Å². The largest absolute Gasteiger partial charge is 0.490 e. The molecule has 0 aliphatic heterocycles. The fourth-order valence-electron chi connectivity index (χ4n) is 2.42.